The van der Waals surface area contributed by atoms with Crippen molar-refractivity contribution < 1.29 is 18.4 Å². The van der Waals surface area contributed by atoms with Crippen LogP contribution in [-0.4, -0.2) is 50.9 Å². The molecule has 1 amide bonds. The first-order valence-electron chi connectivity index (χ1n) is 9.87. The molecule has 1 saturated heterocycles. The fourth-order valence-corrected chi connectivity index (χ4v) is 3.45. The number of halogens is 1. The topological polar surface area (TPSA) is 103 Å². The van der Waals surface area contributed by atoms with Gasteiger partial charge in [0.15, 0.2) is 0 Å². The lowest BCUT2D eigenvalue weighted by Crippen LogP contribution is -2.35. The lowest BCUT2D eigenvalue weighted by Gasteiger charge is -2.18. The Morgan fingerprint density at radius 1 is 1.23 bits per heavy atom. The number of hydrogen-bond donors (Lipinski definition) is 0. The van der Waals surface area contributed by atoms with Gasteiger partial charge in [0.1, 0.15) is 11.4 Å². The molecule has 9 nitrogen and oxygen atoms in total. The molecule has 0 radical (unpaired) electrons. The minimum Gasteiger partial charge on any atom is -0.497 e. The van der Waals surface area contributed by atoms with E-state index in [0.29, 0.717) is 11.3 Å². The van der Waals surface area contributed by atoms with E-state index in [9.17, 15) is 9.59 Å². The van der Waals surface area contributed by atoms with Gasteiger partial charge < -0.3 is 14.2 Å². The Morgan fingerprint density at radius 2 is 1.97 bits per heavy atom. The summed E-state index contributed by atoms with van der Waals surface area (Å²) in [5.74, 6) is 0.305. The monoisotopic (exact) mass is 427 g/mol. The number of likely N-dealkylation sites (tertiary alicyclic amines) is 1. The number of hydrogen-bond acceptors (Lipinski definition) is 7. The van der Waals surface area contributed by atoms with Crippen LogP contribution in [0.4, 0.5) is 4.39 Å². The third-order valence-electron chi connectivity index (χ3n) is 5.20. The molecule has 10 heteroatoms. The molecule has 0 saturated carbocycles. The number of alkyl halides is 1. The summed E-state index contributed by atoms with van der Waals surface area (Å²) in [6.45, 7) is 3.51. The quantitative estimate of drug-likeness (QED) is 0.616. The van der Waals surface area contributed by atoms with E-state index in [0.717, 1.165) is 0 Å². The van der Waals surface area contributed by atoms with Crippen molar-refractivity contribution in [3.63, 3.8) is 0 Å². The molecule has 0 N–H and O–H groups in total. The second-order valence-corrected chi connectivity index (χ2v) is 7.69. The molecule has 4 rings (SSSR count). The van der Waals surface area contributed by atoms with Crippen LogP contribution < -0.4 is 10.3 Å². The van der Waals surface area contributed by atoms with Gasteiger partial charge in [-0.05, 0) is 44.2 Å². The summed E-state index contributed by atoms with van der Waals surface area (Å²) < 4.78 is 27.1. The molecule has 0 bridgehead atoms. The van der Waals surface area contributed by atoms with Gasteiger partial charge in [-0.2, -0.15) is 10.1 Å². The zero-order valence-electron chi connectivity index (χ0n) is 17.4. The molecule has 0 aliphatic carbocycles. The summed E-state index contributed by atoms with van der Waals surface area (Å²) in [6.07, 6.45) is 0.0206. The number of rotatable bonds is 5. The Bertz CT molecular complexity index is 1160. The summed E-state index contributed by atoms with van der Waals surface area (Å²) in [7, 11) is 1.56. The van der Waals surface area contributed by atoms with Gasteiger partial charge in [0, 0.05) is 24.6 Å². The van der Waals surface area contributed by atoms with Crippen LogP contribution in [0.1, 0.15) is 42.7 Å². The van der Waals surface area contributed by atoms with Gasteiger partial charge in [-0.25, -0.2) is 9.07 Å². The summed E-state index contributed by atoms with van der Waals surface area (Å²) in [4.78, 5) is 30.3. The van der Waals surface area contributed by atoms with E-state index in [1.807, 2.05) is 0 Å². The first kappa shape index (κ1) is 20.7. The molecular formula is C21H22FN5O4. The molecule has 0 spiro atoms. The second-order valence-electron chi connectivity index (χ2n) is 7.69. The van der Waals surface area contributed by atoms with E-state index < -0.39 is 11.6 Å². The molecule has 3 heterocycles. The minimum atomic E-state index is -1.96. The zero-order valence-corrected chi connectivity index (χ0v) is 17.4. The van der Waals surface area contributed by atoms with Crippen LogP contribution in [-0.2, 0) is 5.67 Å². The highest BCUT2D eigenvalue weighted by Crippen LogP contribution is 2.36. The van der Waals surface area contributed by atoms with Crippen LogP contribution >= 0.6 is 0 Å². The van der Waals surface area contributed by atoms with Crippen LogP contribution in [0.25, 0.3) is 11.4 Å². The fraction of sp³-hybridized carbons (Fsp3) is 0.381. The molecule has 1 aromatic carbocycles. The number of carbonyl (C=O) groups excluding carboxylic acids is 1. The molecule has 1 fully saturated rings. The highest BCUT2D eigenvalue weighted by atomic mass is 19.1. The number of aromatic nitrogens is 4. The first-order chi connectivity index (χ1) is 14.8. The maximum atomic E-state index is 15.6. The van der Waals surface area contributed by atoms with Gasteiger partial charge in [-0.3, -0.25) is 9.59 Å². The van der Waals surface area contributed by atoms with Crippen molar-refractivity contribution in [2.45, 2.75) is 32.0 Å². The van der Waals surface area contributed by atoms with Crippen molar-refractivity contribution in [3.8, 4) is 17.1 Å². The molecule has 31 heavy (non-hydrogen) atoms. The molecule has 2 aromatic heterocycles. The van der Waals surface area contributed by atoms with Crippen molar-refractivity contribution in [2.24, 2.45) is 0 Å². The summed E-state index contributed by atoms with van der Waals surface area (Å²) in [5, 5.41) is 8.00. The molecule has 1 aliphatic heterocycles. The number of benzene rings is 1. The summed E-state index contributed by atoms with van der Waals surface area (Å²) >= 11 is 0. The number of methoxy groups -OCH3 is 1. The van der Waals surface area contributed by atoms with Crippen LogP contribution in [0.15, 0.2) is 45.7 Å². The van der Waals surface area contributed by atoms with Gasteiger partial charge in [-0.15, -0.1) is 0 Å². The van der Waals surface area contributed by atoms with E-state index in [2.05, 4.69) is 15.2 Å². The van der Waals surface area contributed by atoms with Crippen LogP contribution in [0.3, 0.4) is 0 Å². The van der Waals surface area contributed by atoms with E-state index in [1.54, 1.807) is 45.2 Å². The van der Waals surface area contributed by atoms with Crippen molar-refractivity contribution in [3.05, 3.63) is 58.3 Å². The standard InChI is InChI=1S/C21H22FN5O4/c1-13(2)27-17(28)9-8-16(24-27)19(29)26-11-10-21(22,12-26)20-23-18(25-31-20)14-4-6-15(30-3)7-5-14/h4-9,13H,10-12H2,1-3H3. The molecular weight excluding hydrogens is 405 g/mol. The molecule has 1 aliphatic rings. The fourth-order valence-electron chi connectivity index (χ4n) is 3.45. The maximum absolute atomic E-state index is 15.6. The Hall–Kier alpha value is -3.56. The summed E-state index contributed by atoms with van der Waals surface area (Å²) in [6, 6.07) is 9.44. The third-order valence-corrected chi connectivity index (χ3v) is 5.20. The Balaban J connectivity index is 1.52. The zero-order chi connectivity index (χ0) is 22.2. The van der Waals surface area contributed by atoms with Crippen molar-refractivity contribution in [1.82, 2.24) is 24.8 Å². The van der Waals surface area contributed by atoms with Crippen LogP contribution in [0.2, 0.25) is 0 Å². The predicted molar refractivity (Wildman–Crippen MR) is 108 cm³/mol. The molecule has 162 valence electrons. The van der Waals surface area contributed by atoms with Crippen LogP contribution in [0.5, 0.6) is 5.75 Å². The predicted octanol–water partition coefficient (Wildman–Crippen LogP) is 2.59. The smallest absolute Gasteiger partial charge is 0.274 e. The van der Waals surface area contributed by atoms with E-state index in [1.165, 1.54) is 21.7 Å². The van der Waals surface area contributed by atoms with E-state index >= 15 is 4.39 Å². The number of amides is 1. The number of ether oxygens (including phenoxy) is 1. The molecule has 1 atom stereocenters. The lowest BCUT2D eigenvalue weighted by molar-refractivity contribution is 0.0708. The average molecular weight is 427 g/mol. The Kier molecular flexibility index (Phi) is 5.30. The van der Waals surface area contributed by atoms with Gasteiger partial charge in [0.25, 0.3) is 17.4 Å². The molecule has 1 unspecified atom stereocenters. The second kappa shape index (κ2) is 7.93. The van der Waals surface area contributed by atoms with Gasteiger partial charge >= 0.3 is 0 Å². The maximum Gasteiger partial charge on any atom is 0.274 e. The number of carbonyl (C=O) groups is 1. The van der Waals surface area contributed by atoms with E-state index in [4.69, 9.17) is 9.26 Å². The SMILES string of the molecule is COc1ccc(-c2noc(C3(F)CCN(C(=O)c4ccc(=O)n(C(C)C)n4)C3)n2)cc1. The minimum absolute atomic E-state index is 0.0206. The van der Waals surface area contributed by atoms with E-state index in [-0.39, 0.29) is 48.5 Å². The Labute approximate surface area is 177 Å². The number of nitrogens with zero attached hydrogens (tertiary/aromatic N) is 5. The van der Waals surface area contributed by atoms with Gasteiger partial charge in [-0.1, -0.05) is 5.16 Å². The van der Waals surface area contributed by atoms with Crippen molar-refractivity contribution in [1.29, 1.82) is 0 Å². The summed E-state index contributed by atoms with van der Waals surface area (Å²) in [5.41, 5.74) is -1.52. The normalized spacial score (nSPS) is 18.5. The largest absolute Gasteiger partial charge is 0.497 e. The third kappa shape index (κ3) is 3.92. The van der Waals surface area contributed by atoms with Gasteiger partial charge in [0.2, 0.25) is 11.5 Å². The average Bonchev–Trinajstić information content (AvgIpc) is 3.42. The highest BCUT2D eigenvalue weighted by Gasteiger charge is 2.47. The highest BCUT2D eigenvalue weighted by molar-refractivity contribution is 5.92. The Morgan fingerprint density at radius 3 is 2.65 bits per heavy atom. The van der Waals surface area contributed by atoms with Crippen molar-refractivity contribution in [2.75, 3.05) is 20.2 Å². The molecule has 3 aromatic rings. The van der Waals surface area contributed by atoms with Crippen LogP contribution in [0, 0.1) is 0 Å². The lowest BCUT2D eigenvalue weighted by atomic mass is 10.1. The van der Waals surface area contributed by atoms with Crippen molar-refractivity contribution >= 4 is 5.91 Å². The first-order valence-corrected chi connectivity index (χ1v) is 9.87. The van der Waals surface area contributed by atoms with Gasteiger partial charge in [0.05, 0.1) is 19.7 Å².